The molecule has 0 saturated carbocycles. The Hall–Kier alpha value is -0.250. The summed E-state index contributed by atoms with van der Waals surface area (Å²) in [7, 11) is 0. The van der Waals surface area contributed by atoms with Crippen molar-refractivity contribution in [1.82, 2.24) is 0 Å². The Morgan fingerprint density at radius 2 is 2.00 bits per heavy atom. The van der Waals surface area contributed by atoms with E-state index in [0.717, 1.165) is 19.3 Å². The molecule has 1 unspecified atom stereocenters. The van der Waals surface area contributed by atoms with Crippen LogP contribution in [0.1, 0.15) is 53.4 Å². The molecule has 0 amide bonds. The number of alkyl halides is 1. The van der Waals surface area contributed by atoms with Crippen LogP contribution in [-0.4, -0.2) is 29.2 Å². The molecule has 0 aliphatic rings. The molecule has 0 N–H and O–H groups in total. The van der Waals surface area contributed by atoms with Gasteiger partial charge in [0, 0.05) is 0 Å². The largest absolute Gasteiger partial charge is 0.459 e. The van der Waals surface area contributed by atoms with E-state index >= 15 is 0 Å². The summed E-state index contributed by atoms with van der Waals surface area (Å²) in [6, 6.07) is 0. The minimum atomic E-state index is -0.442. The molecule has 0 aliphatic carbocycles. The zero-order valence-electron chi connectivity index (χ0n) is 11.4. The van der Waals surface area contributed by atoms with Crippen molar-refractivity contribution in [1.29, 1.82) is 0 Å². The lowest BCUT2D eigenvalue weighted by Crippen LogP contribution is -2.30. The van der Waals surface area contributed by atoms with Crippen LogP contribution in [0.3, 0.4) is 0 Å². The second-order valence-electron chi connectivity index (χ2n) is 5.08. The van der Waals surface area contributed by atoms with Gasteiger partial charge in [-0.05, 0) is 39.4 Å². The van der Waals surface area contributed by atoms with Crippen molar-refractivity contribution in [3.05, 3.63) is 0 Å². The molecule has 0 aromatic carbocycles. The van der Waals surface area contributed by atoms with Crippen LogP contribution in [0.25, 0.3) is 0 Å². The number of halogens is 1. The zero-order chi connectivity index (χ0) is 13.3. The summed E-state index contributed by atoms with van der Waals surface area (Å²) in [4.78, 5) is 11.9. The fourth-order valence-corrected chi connectivity index (χ4v) is 2.38. The van der Waals surface area contributed by atoms with E-state index < -0.39 is 5.60 Å². The summed E-state index contributed by atoms with van der Waals surface area (Å²) in [5.74, 6) is 0.527. The van der Waals surface area contributed by atoms with Gasteiger partial charge in [-0.2, -0.15) is 0 Å². The van der Waals surface area contributed by atoms with Gasteiger partial charge in [-0.15, -0.1) is 11.8 Å². The van der Waals surface area contributed by atoms with Gasteiger partial charge in [0.25, 0.3) is 0 Å². The first-order valence-corrected chi connectivity index (χ1v) is 7.36. The number of thioether (sulfide) groups is 1. The number of hydrogen-bond donors (Lipinski definition) is 0. The van der Waals surface area contributed by atoms with E-state index in [4.69, 9.17) is 4.74 Å². The van der Waals surface area contributed by atoms with Crippen LogP contribution < -0.4 is 0 Å². The minimum absolute atomic E-state index is 0.138. The topological polar surface area (TPSA) is 26.3 Å². The second kappa shape index (κ2) is 8.78. The smallest absolute Gasteiger partial charge is 0.319 e. The van der Waals surface area contributed by atoms with Crippen LogP contribution in [0, 0.1) is 0 Å². The molecule has 0 aromatic rings. The molecule has 102 valence electrons. The maximum absolute atomic E-state index is 12.0. The Balaban J connectivity index is 4.19. The van der Waals surface area contributed by atoms with Gasteiger partial charge in [-0.25, -0.2) is 0 Å². The SMILES string of the molecule is CCCCC(SCCCF)C(=O)OC(C)(C)C. The van der Waals surface area contributed by atoms with Gasteiger partial charge in [0.2, 0.25) is 0 Å². The standard InChI is InChI=1S/C13H25FO2S/c1-5-6-8-11(17-10-7-9-14)12(15)16-13(2,3)4/h11H,5-10H2,1-4H3. The molecule has 1 atom stereocenters. The zero-order valence-corrected chi connectivity index (χ0v) is 12.2. The second-order valence-corrected chi connectivity index (χ2v) is 6.39. The molecule has 0 saturated heterocycles. The first-order valence-electron chi connectivity index (χ1n) is 6.31. The summed E-state index contributed by atoms with van der Waals surface area (Å²) < 4.78 is 17.4. The summed E-state index contributed by atoms with van der Waals surface area (Å²) in [5.41, 5.74) is -0.442. The molecule has 0 aromatic heterocycles. The Kier molecular flexibility index (Phi) is 8.66. The molecule has 4 heteroatoms. The average molecular weight is 264 g/mol. The van der Waals surface area contributed by atoms with E-state index in [0.29, 0.717) is 12.2 Å². The molecule has 2 nitrogen and oxygen atoms in total. The van der Waals surface area contributed by atoms with Gasteiger partial charge in [-0.3, -0.25) is 9.18 Å². The lowest BCUT2D eigenvalue weighted by atomic mass is 10.1. The van der Waals surface area contributed by atoms with Gasteiger partial charge in [0.05, 0.1) is 6.67 Å². The highest BCUT2D eigenvalue weighted by Gasteiger charge is 2.24. The first kappa shape index (κ1) is 16.8. The van der Waals surface area contributed by atoms with E-state index in [1.807, 2.05) is 20.8 Å². The fourth-order valence-electron chi connectivity index (χ4n) is 1.31. The third-order valence-corrected chi connectivity index (χ3v) is 3.44. The van der Waals surface area contributed by atoms with Crippen molar-refractivity contribution < 1.29 is 13.9 Å². The van der Waals surface area contributed by atoms with Crippen LogP contribution in [0.4, 0.5) is 4.39 Å². The summed E-state index contributed by atoms with van der Waals surface area (Å²) in [6.07, 6.45) is 3.40. The molecule has 0 aliphatic heterocycles. The number of ether oxygens (including phenoxy) is 1. The highest BCUT2D eigenvalue weighted by atomic mass is 32.2. The minimum Gasteiger partial charge on any atom is -0.459 e. The van der Waals surface area contributed by atoms with E-state index in [2.05, 4.69) is 6.92 Å². The molecular weight excluding hydrogens is 239 g/mol. The Morgan fingerprint density at radius 1 is 1.35 bits per heavy atom. The molecular formula is C13H25FO2S. The number of rotatable bonds is 8. The number of hydrogen-bond acceptors (Lipinski definition) is 3. The van der Waals surface area contributed by atoms with Crippen LogP contribution in [0.2, 0.25) is 0 Å². The summed E-state index contributed by atoms with van der Waals surface area (Å²) in [5, 5.41) is -0.138. The van der Waals surface area contributed by atoms with Crippen molar-refractivity contribution in [2.24, 2.45) is 0 Å². The maximum Gasteiger partial charge on any atom is 0.319 e. The van der Waals surface area contributed by atoms with E-state index in [1.165, 1.54) is 11.8 Å². The Morgan fingerprint density at radius 3 is 2.47 bits per heavy atom. The monoisotopic (exact) mass is 264 g/mol. The van der Waals surface area contributed by atoms with Crippen LogP contribution >= 0.6 is 11.8 Å². The van der Waals surface area contributed by atoms with Crippen molar-refractivity contribution in [2.45, 2.75) is 64.2 Å². The Labute approximate surface area is 109 Å². The average Bonchev–Trinajstić information content (AvgIpc) is 2.20. The first-order chi connectivity index (χ1) is 7.90. The highest BCUT2D eigenvalue weighted by Crippen LogP contribution is 2.22. The fraction of sp³-hybridized carbons (Fsp3) is 0.923. The van der Waals surface area contributed by atoms with Crippen LogP contribution in [-0.2, 0) is 9.53 Å². The van der Waals surface area contributed by atoms with Crippen LogP contribution in [0.5, 0.6) is 0 Å². The molecule has 0 rings (SSSR count). The molecule has 0 bridgehead atoms. The van der Waals surface area contributed by atoms with Gasteiger partial charge in [0.15, 0.2) is 0 Å². The predicted molar refractivity (Wildman–Crippen MR) is 72.2 cm³/mol. The van der Waals surface area contributed by atoms with E-state index in [9.17, 15) is 9.18 Å². The van der Waals surface area contributed by atoms with Gasteiger partial charge in [0.1, 0.15) is 10.9 Å². The number of carbonyl (C=O) groups is 1. The van der Waals surface area contributed by atoms with Crippen molar-refractivity contribution in [3.8, 4) is 0 Å². The highest BCUT2D eigenvalue weighted by molar-refractivity contribution is 8.00. The molecule has 0 radical (unpaired) electrons. The Bertz CT molecular complexity index is 214. The molecule has 17 heavy (non-hydrogen) atoms. The van der Waals surface area contributed by atoms with Gasteiger partial charge < -0.3 is 4.74 Å². The lowest BCUT2D eigenvalue weighted by molar-refractivity contribution is -0.154. The molecule has 0 fully saturated rings. The van der Waals surface area contributed by atoms with Crippen LogP contribution in [0.15, 0.2) is 0 Å². The van der Waals surface area contributed by atoms with Gasteiger partial charge >= 0.3 is 5.97 Å². The van der Waals surface area contributed by atoms with E-state index in [1.54, 1.807) is 0 Å². The number of carbonyl (C=O) groups excluding carboxylic acids is 1. The summed E-state index contributed by atoms with van der Waals surface area (Å²) >= 11 is 1.52. The maximum atomic E-state index is 12.0. The third kappa shape index (κ3) is 9.45. The van der Waals surface area contributed by atoms with Gasteiger partial charge in [-0.1, -0.05) is 19.8 Å². The van der Waals surface area contributed by atoms with Crippen molar-refractivity contribution in [3.63, 3.8) is 0 Å². The number of esters is 1. The lowest BCUT2D eigenvalue weighted by Gasteiger charge is -2.23. The van der Waals surface area contributed by atoms with Crippen molar-refractivity contribution >= 4 is 17.7 Å². The number of unbranched alkanes of at least 4 members (excludes halogenated alkanes) is 1. The quantitative estimate of drug-likeness (QED) is 0.490. The predicted octanol–water partition coefficient (Wildman–Crippen LogP) is 3.98. The van der Waals surface area contributed by atoms with Crippen molar-refractivity contribution in [2.75, 3.05) is 12.4 Å². The normalized spacial score (nSPS) is 13.5. The molecule has 0 spiro atoms. The molecule has 0 heterocycles. The third-order valence-electron chi connectivity index (χ3n) is 2.09. The van der Waals surface area contributed by atoms with E-state index in [-0.39, 0.29) is 17.9 Å². The summed E-state index contributed by atoms with van der Waals surface area (Å²) in [6.45, 7) is 7.39.